The zero-order chi connectivity index (χ0) is 14.9. The van der Waals surface area contributed by atoms with E-state index in [9.17, 15) is 0 Å². The molecular formula is C16H18N6. The first kappa shape index (κ1) is 13.1. The van der Waals surface area contributed by atoms with Crippen LogP contribution in [0.1, 0.15) is 5.56 Å². The monoisotopic (exact) mass is 294 g/mol. The van der Waals surface area contributed by atoms with Gasteiger partial charge < -0.3 is 14.8 Å². The highest BCUT2D eigenvalue weighted by molar-refractivity contribution is 5.70. The van der Waals surface area contributed by atoms with Crippen LogP contribution in [-0.2, 0) is 0 Å². The SMILES string of the molecule is Cc1ccccc1N1CCN(c2ncc3[nH]cnc3n2)CC1. The van der Waals surface area contributed by atoms with Crippen molar-refractivity contribution in [3.05, 3.63) is 42.4 Å². The van der Waals surface area contributed by atoms with Crippen molar-refractivity contribution >= 4 is 22.8 Å². The molecule has 0 unspecified atom stereocenters. The number of piperazine rings is 1. The molecule has 1 fully saturated rings. The molecule has 1 aliphatic rings. The summed E-state index contributed by atoms with van der Waals surface area (Å²) in [6, 6.07) is 8.54. The van der Waals surface area contributed by atoms with Crippen molar-refractivity contribution in [2.45, 2.75) is 6.92 Å². The number of para-hydroxylation sites is 1. The van der Waals surface area contributed by atoms with Crippen molar-refractivity contribution in [3.63, 3.8) is 0 Å². The van der Waals surface area contributed by atoms with E-state index < -0.39 is 0 Å². The van der Waals surface area contributed by atoms with Gasteiger partial charge in [-0.3, -0.25) is 0 Å². The highest BCUT2D eigenvalue weighted by atomic mass is 15.3. The van der Waals surface area contributed by atoms with Gasteiger partial charge in [0.05, 0.1) is 12.5 Å². The van der Waals surface area contributed by atoms with E-state index in [2.05, 4.69) is 60.9 Å². The van der Waals surface area contributed by atoms with E-state index in [0.717, 1.165) is 43.3 Å². The van der Waals surface area contributed by atoms with Gasteiger partial charge in [0.25, 0.3) is 0 Å². The van der Waals surface area contributed by atoms with E-state index in [4.69, 9.17) is 0 Å². The van der Waals surface area contributed by atoms with Crippen molar-refractivity contribution in [1.82, 2.24) is 19.9 Å². The zero-order valence-electron chi connectivity index (χ0n) is 12.5. The number of nitrogens with zero attached hydrogens (tertiary/aromatic N) is 5. The van der Waals surface area contributed by atoms with Gasteiger partial charge in [0.1, 0.15) is 5.52 Å². The Hall–Kier alpha value is -2.63. The molecule has 6 nitrogen and oxygen atoms in total. The summed E-state index contributed by atoms with van der Waals surface area (Å²) in [6.45, 7) is 5.96. The van der Waals surface area contributed by atoms with Crippen LogP contribution in [0, 0.1) is 6.92 Å². The van der Waals surface area contributed by atoms with Gasteiger partial charge in [0.15, 0.2) is 5.65 Å². The molecule has 0 spiro atoms. The summed E-state index contributed by atoms with van der Waals surface area (Å²) in [7, 11) is 0. The predicted molar refractivity (Wildman–Crippen MR) is 87.3 cm³/mol. The Bertz CT molecular complexity index is 788. The molecule has 0 atom stereocenters. The number of imidazole rings is 1. The topological polar surface area (TPSA) is 60.9 Å². The van der Waals surface area contributed by atoms with Gasteiger partial charge in [-0.15, -0.1) is 0 Å². The maximum Gasteiger partial charge on any atom is 0.227 e. The minimum atomic E-state index is 0.728. The number of rotatable bonds is 2. The number of hydrogen-bond donors (Lipinski definition) is 1. The quantitative estimate of drug-likeness (QED) is 0.783. The molecule has 1 aliphatic heterocycles. The lowest BCUT2D eigenvalue weighted by Gasteiger charge is -2.36. The second-order valence-corrected chi connectivity index (χ2v) is 5.57. The van der Waals surface area contributed by atoms with Crippen LogP contribution in [0.25, 0.3) is 11.2 Å². The summed E-state index contributed by atoms with van der Waals surface area (Å²) in [4.78, 5) is 20.9. The van der Waals surface area contributed by atoms with Gasteiger partial charge in [0.2, 0.25) is 5.95 Å². The molecule has 22 heavy (non-hydrogen) atoms. The first-order valence-corrected chi connectivity index (χ1v) is 7.53. The third kappa shape index (κ3) is 2.26. The number of hydrogen-bond acceptors (Lipinski definition) is 5. The van der Waals surface area contributed by atoms with Crippen LogP contribution in [-0.4, -0.2) is 46.1 Å². The Balaban J connectivity index is 1.50. The number of nitrogens with one attached hydrogen (secondary N) is 1. The summed E-state index contributed by atoms with van der Waals surface area (Å²) >= 11 is 0. The van der Waals surface area contributed by atoms with E-state index in [0.29, 0.717) is 0 Å². The molecule has 0 radical (unpaired) electrons. The Morgan fingerprint density at radius 2 is 1.77 bits per heavy atom. The molecule has 0 bridgehead atoms. The standard InChI is InChI=1S/C16H18N6/c1-12-4-2-3-5-14(12)21-6-8-22(9-7-21)16-17-10-13-15(20-16)19-11-18-13/h2-5,10-11H,6-9H2,1H3,(H,17,18,19,20). The summed E-state index contributed by atoms with van der Waals surface area (Å²) in [5.41, 5.74) is 4.25. The van der Waals surface area contributed by atoms with Crippen LogP contribution in [0.4, 0.5) is 11.6 Å². The van der Waals surface area contributed by atoms with E-state index in [-0.39, 0.29) is 0 Å². The Labute approximate surface area is 128 Å². The van der Waals surface area contributed by atoms with Crippen molar-refractivity contribution < 1.29 is 0 Å². The normalized spacial score (nSPS) is 15.5. The Morgan fingerprint density at radius 3 is 2.59 bits per heavy atom. The van der Waals surface area contributed by atoms with Gasteiger partial charge in [-0.25, -0.2) is 9.97 Å². The molecule has 1 N–H and O–H groups in total. The third-order valence-corrected chi connectivity index (χ3v) is 4.18. The fourth-order valence-electron chi connectivity index (χ4n) is 2.94. The smallest absolute Gasteiger partial charge is 0.227 e. The second kappa shape index (κ2) is 5.29. The van der Waals surface area contributed by atoms with Gasteiger partial charge in [-0.2, -0.15) is 4.98 Å². The molecule has 0 saturated carbocycles. The average Bonchev–Trinajstić information content (AvgIpc) is 3.03. The molecule has 2 aromatic heterocycles. The van der Waals surface area contributed by atoms with E-state index in [1.165, 1.54) is 11.3 Å². The molecule has 1 aromatic carbocycles. The number of aryl methyl sites for hydroxylation is 1. The molecule has 3 aromatic rings. The summed E-state index contributed by atoms with van der Waals surface area (Å²) in [5, 5.41) is 0. The van der Waals surface area contributed by atoms with Crippen LogP contribution in [0.5, 0.6) is 0 Å². The highest BCUT2D eigenvalue weighted by Crippen LogP contribution is 2.22. The number of fused-ring (bicyclic) bond motifs is 1. The molecular weight excluding hydrogens is 276 g/mol. The minimum Gasteiger partial charge on any atom is -0.368 e. The van der Waals surface area contributed by atoms with Crippen LogP contribution >= 0.6 is 0 Å². The van der Waals surface area contributed by atoms with Crippen LogP contribution in [0.2, 0.25) is 0 Å². The van der Waals surface area contributed by atoms with E-state index in [1.54, 1.807) is 12.5 Å². The number of anilines is 2. The Kier molecular flexibility index (Phi) is 3.14. The molecule has 4 rings (SSSR count). The highest BCUT2D eigenvalue weighted by Gasteiger charge is 2.20. The fraction of sp³-hybridized carbons (Fsp3) is 0.312. The number of aromatic amines is 1. The lowest BCUT2D eigenvalue weighted by molar-refractivity contribution is 0.640. The van der Waals surface area contributed by atoms with Crippen LogP contribution in [0.15, 0.2) is 36.8 Å². The maximum absolute atomic E-state index is 4.53. The third-order valence-electron chi connectivity index (χ3n) is 4.18. The minimum absolute atomic E-state index is 0.728. The molecule has 0 aliphatic carbocycles. The van der Waals surface area contributed by atoms with Gasteiger partial charge in [-0.05, 0) is 18.6 Å². The maximum atomic E-state index is 4.53. The lowest BCUT2D eigenvalue weighted by atomic mass is 10.1. The van der Waals surface area contributed by atoms with Gasteiger partial charge in [0, 0.05) is 31.9 Å². The molecule has 3 heterocycles. The van der Waals surface area contributed by atoms with Gasteiger partial charge in [-0.1, -0.05) is 18.2 Å². The zero-order valence-corrected chi connectivity index (χ0v) is 12.5. The number of H-pyrrole nitrogens is 1. The molecule has 0 amide bonds. The molecule has 1 saturated heterocycles. The number of benzene rings is 1. The first-order chi connectivity index (χ1) is 10.8. The van der Waals surface area contributed by atoms with Crippen molar-refractivity contribution in [1.29, 1.82) is 0 Å². The number of aromatic nitrogens is 4. The lowest BCUT2D eigenvalue weighted by Crippen LogP contribution is -2.47. The summed E-state index contributed by atoms with van der Waals surface area (Å²) < 4.78 is 0. The predicted octanol–water partition coefficient (Wildman–Crippen LogP) is 1.99. The first-order valence-electron chi connectivity index (χ1n) is 7.53. The van der Waals surface area contributed by atoms with Crippen molar-refractivity contribution in [3.8, 4) is 0 Å². The fourth-order valence-corrected chi connectivity index (χ4v) is 2.94. The molecule has 112 valence electrons. The van der Waals surface area contributed by atoms with Gasteiger partial charge >= 0.3 is 0 Å². The summed E-state index contributed by atoms with van der Waals surface area (Å²) in [5.74, 6) is 0.768. The van der Waals surface area contributed by atoms with Crippen LogP contribution in [0.3, 0.4) is 0 Å². The van der Waals surface area contributed by atoms with E-state index in [1.807, 2.05) is 0 Å². The van der Waals surface area contributed by atoms with E-state index >= 15 is 0 Å². The second-order valence-electron chi connectivity index (χ2n) is 5.57. The average molecular weight is 294 g/mol. The Morgan fingerprint density at radius 1 is 1.00 bits per heavy atom. The molecule has 6 heteroatoms. The van der Waals surface area contributed by atoms with Crippen LogP contribution < -0.4 is 9.80 Å². The van der Waals surface area contributed by atoms with Crippen molar-refractivity contribution in [2.24, 2.45) is 0 Å². The summed E-state index contributed by atoms with van der Waals surface area (Å²) in [6.07, 6.45) is 3.46. The largest absolute Gasteiger partial charge is 0.368 e. The van der Waals surface area contributed by atoms with Crippen molar-refractivity contribution in [2.75, 3.05) is 36.0 Å².